The highest BCUT2D eigenvalue weighted by atomic mass is 31.2. The predicted molar refractivity (Wildman–Crippen MR) is 285 cm³/mol. The first-order valence-corrected chi connectivity index (χ1v) is 27.1. The zero-order valence-corrected chi connectivity index (χ0v) is 43.3. The van der Waals surface area contributed by atoms with Crippen molar-refractivity contribution in [2.75, 3.05) is 40.9 Å². The third kappa shape index (κ3) is 48.6. The zero-order chi connectivity index (χ0) is 48.5. The van der Waals surface area contributed by atoms with Crippen molar-refractivity contribution in [2.45, 2.75) is 180 Å². The van der Waals surface area contributed by atoms with Gasteiger partial charge in [0.25, 0.3) is 0 Å². The van der Waals surface area contributed by atoms with E-state index < -0.39 is 20.0 Å². The standard InChI is InChI=1S/C57H95N2O6P/c1-6-8-10-12-14-16-17-18-19-20-21-22-23-24-25-26-27-28-29-30-31-32-33-34-35-36-37-38-39-40-41-43-45-47-49-51-57(61)58-55(54-65-66(62,63)64-53-52-59(3,4)5)56(60)50-48-46-44-42-15-13-11-9-7-2/h8,10,14-16,18-19,21-22,24-25,27-28,30-31,33-34,36-37,42,48,50,55-56,60H,6-7,9,11-13,17,20,23,26,29,32,35,38-41,43-47,49,51-54H2,1-5H3,(H-,58,61,62,63)/p+1/b10-8-,16-14-,19-18-,22-21-,25-24-,28-27-,31-30-,34-33-,37-36-,42-15+,50-48+. The third-order valence-corrected chi connectivity index (χ3v) is 11.3. The quantitative estimate of drug-likeness (QED) is 0.0243. The fraction of sp³-hybridized carbons (Fsp3) is 0.596. The van der Waals surface area contributed by atoms with Crippen LogP contribution in [0.25, 0.3) is 0 Å². The number of rotatable bonds is 44. The number of hydrogen-bond acceptors (Lipinski definition) is 5. The van der Waals surface area contributed by atoms with Gasteiger partial charge in [-0.05, 0) is 103 Å². The van der Waals surface area contributed by atoms with Crippen LogP contribution in [0.2, 0.25) is 0 Å². The Bertz CT molecular complexity index is 1530. The van der Waals surface area contributed by atoms with Crippen molar-refractivity contribution in [2.24, 2.45) is 0 Å². The van der Waals surface area contributed by atoms with E-state index in [1.165, 1.54) is 38.5 Å². The lowest BCUT2D eigenvalue weighted by Gasteiger charge is -2.25. The second-order valence-electron chi connectivity index (χ2n) is 17.8. The number of quaternary nitrogens is 1. The van der Waals surface area contributed by atoms with Gasteiger partial charge < -0.3 is 19.8 Å². The van der Waals surface area contributed by atoms with Crippen LogP contribution in [0.5, 0.6) is 0 Å². The lowest BCUT2D eigenvalue weighted by molar-refractivity contribution is -0.870. The first-order valence-electron chi connectivity index (χ1n) is 25.6. The Labute approximate surface area is 405 Å². The molecule has 8 nitrogen and oxygen atoms in total. The van der Waals surface area contributed by atoms with Gasteiger partial charge in [-0.25, -0.2) is 4.57 Å². The minimum Gasteiger partial charge on any atom is -0.387 e. The molecule has 374 valence electrons. The van der Waals surface area contributed by atoms with Gasteiger partial charge in [-0.3, -0.25) is 13.8 Å². The van der Waals surface area contributed by atoms with Crippen LogP contribution in [0.3, 0.4) is 0 Å². The van der Waals surface area contributed by atoms with Crippen molar-refractivity contribution in [1.29, 1.82) is 0 Å². The van der Waals surface area contributed by atoms with Crippen LogP contribution in [-0.2, 0) is 18.4 Å². The summed E-state index contributed by atoms with van der Waals surface area (Å²) in [6.45, 7) is 4.58. The zero-order valence-electron chi connectivity index (χ0n) is 42.4. The van der Waals surface area contributed by atoms with Crippen molar-refractivity contribution in [3.8, 4) is 0 Å². The number of aliphatic hydroxyl groups is 1. The molecule has 0 aliphatic heterocycles. The molecule has 0 fully saturated rings. The Balaban J connectivity index is 4.16. The maximum atomic E-state index is 12.9. The van der Waals surface area contributed by atoms with Crippen molar-refractivity contribution in [3.05, 3.63) is 134 Å². The average Bonchev–Trinajstić information content (AvgIpc) is 3.28. The lowest BCUT2D eigenvalue weighted by atomic mass is 10.1. The van der Waals surface area contributed by atoms with Gasteiger partial charge in [0, 0.05) is 6.42 Å². The van der Waals surface area contributed by atoms with E-state index in [1.54, 1.807) is 6.08 Å². The van der Waals surface area contributed by atoms with Crippen molar-refractivity contribution < 1.29 is 32.9 Å². The molecule has 0 saturated heterocycles. The molecule has 3 unspecified atom stereocenters. The molecule has 0 aromatic rings. The molecular formula is C57H96N2O6P+. The summed E-state index contributed by atoms with van der Waals surface area (Å²) in [5.41, 5.74) is 0. The topological polar surface area (TPSA) is 105 Å². The van der Waals surface area contributed by atoms with Gasteiger partial charge in [-0.1, -0.05) is 192 Å². The summed E-state index contributed by atoms with van der Waals surface area (Å²) in [6, 6.07) is -0.877. The van der Waals surface area contributed by atoms with E-state index in [4.69, 9.17) is 9.05 Å². The molecule has 9 heteroatoms. The van der Waals surface area contributed by atoms with Crippen LogP contribution in [0.1, 0.15) is 168 Å². The molecule has 0 radical (unpaired) electrons. The summed E-state index contributed by atoms with van der Waals surface area (Å²) in [7, 11) is 1.52. The number of likely N-dealkylation sites (N-methyl/N-ethyl adjacent to an activating group) is 1. The second-order valence-corrected chi connectivity index (χ2v) is 19.3. The Hall–Kier alpha value is -3.36. The summed E-state index contributed by atoms with van der Waals surface area (Å²) in [5.74, 6) is -0.209. The molecule has 1 amide bonds. The SMILES string of the molecule is CC/C=C\C/C=C\C/C=C\C/C=C\C/C=C\C/C=C\C/C=C\C/C=C\C/C=C\CCCCCCCCCC(=O)NC(COP(=O)(O)OCC[N+](C)(C)C)C(O)/C=C/CC/C=C/CCCCC. The number of allylic oxidation sites excluding steroid dienone is 21. The lowest BCUT2D eigenvalue weighted by Crippen LogP contribution is -2.45. The van der Waals surface area contributed by atoms with E-state index in [2.05, 4.69) is 141 Å². The normalized spacial score (nSPS) is 15.2. The smallest absolute Gasteiger partial charge is 0.387 e. The summed E-state index contributed by atoms with van der Waals surface area (Å²) in [5, 5.41) is 13.7. The van der Waals surface area contributed by atoms with Gasteiger partial charge in [0.15, 0.2) is 0 Å². The number of unbranched alkanes of at least 4 members (excludes halogenated alkanes) is 11. The maximum Gasteiger partial charge on any atom is 0.472 e. The molecule has 0 heterocycles. The first-order chi connectivity index (χ1) is 32.0. The van der Waals surface area contributed by atoms with Gasteiger partial charge in [0.1, 0.15) is 13.2 Å². The van der Waals surface area contributed by atoms with Crippen LogP contribution in [0.15, 0.2) is 134 Å². The van der Waals surface area contributed by atoms with Crippen LogP contribution in [-0.4, -0.2) is 73.4 Å². The van der Waals surface area contributed by atoms with E-state index in [9.17, 15) is 19.4 Å². The van der Waals surface area contributed by atoms with E-state index in [1.807, 2.05) is 27.2 Å². The molecule has 0 aromatic heterocycles. The first kappa shape index (κ1) is 62.6. The Morgan fingerprint density at radius 3 is 1.39 bits per heavy atom. The molecule has 0 spiro atoms. The highest BCUT2D eigenvalue weighted by molar-refractivity contribution is 7.47. The maximum absolute atomic E-state index is 12.9. The van der Waals surface area contributed by atoms with Gasteiger partial charge in [0.05, 0.1) is 39.9 Å². The Morgan fingerprint density at radius 1 is 0.530 bits per heavy atom. The number of hydrogen-bond donors (Lipinski definition) is 3. The number of phosphoric ester groups is 1. The molecule has 0 bridgehead atoms. The summed E-state index contributed by atoms with van der Waals surface area (Å²) in [6.07, 6.45) is 71.3. The molecular weight excluding hydrogens is 840 g/mol. The monoisotopic (exact) mass is 936 g/mol. The van der Waals surface area contributed by atoms with E-state index in [0.717, 1.165) is 109 Å². The molecule has 0 aliphatic rings. The van der Waals surface area contributed by atoms with Gasteiger partial charge in [0.2, 0.25) is 5.91 Å². The number of nitrogens with one attached hydrogen (secondary N) is 1. The number of amides is 1. The number of phosphoric acid groups is 1. The molecule has 3 atom stereocenters. The van der Waals surface area contributed by atoms with Crippen molar-refractivity contribution in [1.82, 2.24) is 5.32 Å². The minimum absolute atomic E-state index is 0.0460. The van der Waals surface area contributed by atoms with Crippen LogP contribution >= 0.6 is 7.82 Å². The Kier molecular flexibility index (Phi) is 44.4. The minimum atomic E-state index is -4.35. The summed E-state index contributed by atoms with van der Waals surface area (Å²) >= 11 is 0. The van der Waals surface area contributed by atoms with Crippen LogP contribution in [0, 0.1) is 0 Å². The number of carbonyl (C=O) groups excluding carboxylic acids is 1. The second kappa shape index (κ2) is 46.7. The van der Waals surface area contributed by atoms with Gasteiger partial charge in [-0.2, -0.15) is 0 Å². The molecule has 3 N–H and O–H groups in total. The molecule has 0 aromatic carbocycles. The summed E-state index contributed by atoms with van der Waals surface area (Å²) < 4.78 is 23.5. The van der Waals surface area contributed by atoms with Crippen LogP contribution < -0.4 is 5.32 Å². The average molecular weight is 936 g/mol. The molecule has 66 heavy (non-hydrogen) atoms. The largest absolute Gasteiger partial charge is 0.472 e. The Morgan fingerprint density at radius 2 is 0.924 bits per heavy atom. The van der Waals surface area contributed by atoms with E-state index in [0.29, 0.717) is 17.4 Å². The number of carbonyl (C=O) groups is 1. The molecule has 0 aliphatic carbocycles. The molecule has 0 rings (SSSR count). The third-order valence-electron chi connectivity index (χ3n) is 10.4. The number of nitrogens with zero attached hydrogens (tertiary/aromatic N) is 1. The highest BCUT2D eigenvalue weighted by Gasteiger charge is 2.27. The number of aliphatic hydroxyl groups excluding tert-OH is 1. The predicted octanol–water partition coefficient (Wildman–Crippen LogP) is 15.2. The van der Waals surface area contributed by atoms with E-state index in [-0.39, 0.29) is 19.1 Å². The van der Waals surface area contributed by atoms with Crippen LogP contribution in [0.4, 0.5) is 0 Å². The van der Waals surface area contributed by atoms with Gasteiger partial charge in [-0.15, -0.1) is 0 Å². The fourth-order valence-corrected chi connectivity index (χ4v) is 7.08. The molecule has 0 saturated carbocycles. The van der Waals surface area contributed by atoms with Crippen molar-refractivity contribution >= 4 is 13.7 Å². The van der Waals surface area contributed by atoms with Gasteiger partial charge >= 0.3 is 7.82 Å². The highest BCUT2D eigenvalue weighted by Crippen LogP contribution is 2.43. The van der Waals surface area contributed by atoms with E-state index >= 15 is 0 Å². The fourth-order valence-electron chi connectivity index (χ4n) is 6.34. The summed E-state index contributed by atoms with van der Waals surface area (Å²) in [4.78, 5) is 23.1. The van der Waals surface area contributed by atoms with Crippen molar-refractivity contribution in [3.63, 3.8) is 0 Å².